The lowest BCUT2D eigenvalue weighted by Crippen LogP contribution is -2.57. The van der Waals surface area contributed by atoms with Gasteiger partial charge in [-0.05, 0) is 30.5 Å². The van der Waals surface area contributed by atoms with Crippen LogP contribution in [0.25, 0.3) is 0 Å². The van der Waals surface area contributed by atoms with Crippen molar-refractivity contribution in [3.8, 4) is 0 Å². The summed E-state index contributed by atoms with van der Waals surface area (Å²) in [7, 11) is -2.19. The van der Waals surface area contributed by atoms with E-state index in [1.807, 2.05) is 30.3 Å². The van der Waals surface area contributed by atoms with E-state index in [1.54, 1.807) is 37.4 Å². The van der Waals surface area contributed by atoms with Crippen molar-refractivity contribution in [2.45, 2.75) is 42.8 Å². The summed E-state index contributed by atoms with van der Waals surface area (Å²) >= 11 is 0. The Morgan fingerprint density at radius 3 is 2.40 bits per heavy atom. The van der Waals surface area contributed by atoms with Crippen molar-refractivity contribution < 1.29 is 18.0 Å². The van der Waals surface area contributed by atoms with Gasteiger partial charge >= 0.3 is 0 Å². The van der Waals surface area contributed by atoms with E-state index in [0.717, 1.165) is 12.0 Å². The Balaban J connectivity index is 1.83. The van der Waals surface area contributed by atoms with Gasteiger partial charge in [0.05, 0.1) is 4.90 Å². The highest BCUT2D eigenvalue weighted by Crippen LogP contribution is 2.26. The number of hydrogen-bond acceptors (Lipinski definition) is 4. The molecule has 30 heavy (non-hydrogen) atoms. The Labute approximate surface area is 177 Å². The highest BCUT2D eigenvalue weighted by Gasteiger charge is 2.39. The molecule has 160 valence electrons. The predicted octanol–water partition coefficient (Wildman–Crippen LogP) is 2.00. The molecule has 0 saturated carbocycles. The Kier molecular flexibility index (Phi) is 7.23. The molecule has 0 bridgehead atoms. The molecule has 2 aromatic carbocycles. The summed E-state index contributed by atoms with van der Waals surface area (Å²) in [5, 5.41) is 2.69. The van der Waals surface area contributed by atoms with Crippen molar-refractivity contribution in [2.24, 2.45) is 0 Å². The molecule has 0 unspecified atom stereocenters. The number of amides is 2. The van der Waals surface area contributed by atoms with E-state index in [-0.39, 0.29) is 10.8 Å². The number of sulfonamides is 1. The quantitative estimate of drug-likeness (QED) is 0.514. The Morgan fingerprint density at radius 1 is 1.13 bits per heavy atom. The van der Waals surface area contributed by atoms with Crippen LogP contribution in [0, 0.1) is 0 Å². The zero-order valence-corrected chi connectivity index (χ0v) is 17.8. The van der Waals surface area contributed by atoms with E-state index in [4.69, 9.17) is 0 Å². The molecule has 0 aliphatic carbocycles. The number of likely N-dealkylation sites (N-methyl/N-ethyl adjacent to an activating group) is 1. The number of rotatable bonds is 8. The smallest absolute Gasteiger partial charge is 0.243 e. The van der Waals surface area contributed by atoms with Crippen molar-refractivity contribution in [3.63, 3.8) is 0 Å². The Bertz CT molecular complexity index is 951. The highest BCUT2D eigenvalue weighted by atomic mass is 32.2. The maximum Gasteiger partial charge on any atom is 0.243 e. The first-order valence-electron chi connectivity index (χ1n) is 10.0. The van der Waals surface area contributed by atoms with E-state index in [0.29, 0.717) is 32.2 Å². The van der Waals surface area contributed by atoms with E-state index < -0.39 is 22.2 Å². The molecule has 2 aromatic rings. The van der Waals surface area contributed by atoms with Gasteiger partial charge < -0.3 is 10.2 Å². The van der Waals surface area contributed by atoms with Gasteiger partial charge in [-0.3, -0.25) is 9.59 Å². The van der Waals surface area contributed by atoms with Gasteiger partial charge in [0.25, 0.3) is 0 Å². The standard InChI is InChI=1S/C22H27N3O4S/c1-24(21(23-17-26)16-18-10-4-2-5-11-18)22(27)20-14-8-9-15-25(20)30(28,29)19-12-6-3-7-13-19/h2-7,10-13,17,20-21H,8-9,14-16H2,1H3,(H,23,26)/t20-,21-/m0/s1. The molecular formula is C22H27N3O4S. The van der Waals surface area contributed by atoms with Crippen LogP contribution in [-0.2, 0) is 26.0 Å². The largest absolute Gasteiger partial charge is 0.338 e. The van der Waals surface area contributed by atoms with Crippen LogP contribution in [0.15, 0.2) is 65.6 Å². The van der Waals surface area contributed by atoms with Crippen LogP contribution in [0.1, 0.15) is 24.8 Å². The van der Waals surface area contributed by atoms with Crippen molar-refractivity contribution in [3.05, 3.63) is 66.2 Å². The number of carbonyl (C=O) groups is 2. The highest BCUT2D eigenvalue weighted by molar-refractivity contribution is 7.89. The second-order valence-electron chi connectivity index (χ2n) is 7.38. The maximum absolute atomic E-state index is 13.4. The molecule has 1 N–H and O–H groups in total. The monoisotopic (exact) mass is 429 g/mol. The molecular weight excluding hydrogens is 402 g/mol. The Morgan fingerprint density at radius 2 is 1.77 bits per heavy atom. The first kappa shape index (κ1) is 22.0. The number of nitrogens with one attached hydrogen (secondary N) is 1. The molecule has 1 aliphatic rings. The first-order valence-corrected chi connectivity index (χ1v) is 11.5. The topological polar surface area (TPSA) is 86.8 Å². The zero-order valence-electron chi connectivity index (χ0n) is 17.0. The molecule has 7 nitrogen and oxygen atoms in total. The molecule has 8 heteroatoms. The number of nitrogens with zero attached hydrogens (tertiary/aromatic N) is 2. The lowest BCUT2D eigenvalue weighted by Gasteiger charge is -2.38. The fraction of sp³-hybridized carbons (Fsp3) is 0.364. The van der Waals surface area contributed by atoms with E-state index in [2.05, 4.69) is 5.32 Å². The summed E-state index contributed by atoms with van der Waals surface area (Å²) in [5.41, 5.74) is 0.967. The average Bonchev–Trinajstić information content (AvgIpc) is 2.79. The minimum Gasteiger partial charge on any atom is -0.338 e. The lowest BCUT2D eigenvalue weighted by atomic mass is 10.0. The van der Waals surface area contributed by atoms with Crippen LogP contribution in [0.3, 0.4) is 0 Å². The molecule has 0 radical (unpaired) electrons. The normalized spacial score (nSPS) is 18.4. The number of piperidine rings is 1. The molecule has 1 saturated heterocycles. The van der Waals surface area contributed by atoms with E-state index in [9.17, 15) is 18.0 Å². The van der Waals surface area contributed by atoms with Gasteiger partial charge in [0.15, 0.2) is 0 Å². The maximum atomic E-state index is 13.4. The second kappa shape index (κ2) is 9.86. The molecule has 3 rings (SSSR count). The summed E-state index contributed by atoms with van der Waals surface area (Å²) in [5.74, 6) is -0.315. The fourth-order valence-corrected chi connectivity index (χ4v) is 5.45. The molecule has 1 heterocycles. The van der Waals surface area contributed by atoms with Crippen LogP contribution >= 0.6 is 0 Å². The van der Waals surface area contributed by atoms with Gasteiger partial charge in [-0.25, -0.2) is 8.42 Å². The van der Waals surface area contributed by atoms with Crippen molar-refractivity contribution in [1.82, 2.24) is 14.5 Å². The van der Waals surface area contributed by atoms with Gasteiger partial charge in [-0.1, -0.05) is 55.0 Å². The summed E-state index contributed by atoms with van der Waals surface area (Å²) in [6.07, 6.45) is 2.36. The number of hydrogen-bond donors (Lipinski definition) is 1. The third-order valence-electron chi connectivity index (χ3n) is 5.44. The van der Waals surface area contributed by atoms with Crippen molar-refractivity contribution >= 4 is 22.3 Å². The molecule has 1 fully saturated rings. The summed E-state index contributed by atoms with van der Waals surface area (Å²) in [6.45, 7) is 0.298. The van der Waals surface area contributed by atoms with Gasteiger partial charge in [-0.15, -0.1) is 0 Å². The van der Waals surface area contributed by atoms with Gasteiger partial charge in [0.2, 0.25) is 22.3 Å². The average molecular weight is 430 g/mol. The fourth-order valence-electron chi connectivity index (χ4n) is 3.78. The number of benzene rings is 2. The van der Waals surface area contributed by atoms with Gasteiger partial charge in [0, 0.05) is 20.0 Å². The third kappa shape index (κ3) is 4.88. The minimum atomic E-state index is -3.79. The summed E-state index contributed by atoms with van der Waals surface area (Å²) in [6, 6.07) is 16.9. The van der Waals surface area contributed by atoms with E-state index >= 15 is 0 Å². The number of carbonyl (C=O) groups excluding carboxylic acids is 2. The lowest BCUT2D eigenvalue weighted by molar-refractivity contribution is -0.138. The SMILES string of the molecule is CN(C(=O)[C@@H]1CCCCN1S(=O)(=O)c1ccccc1)[C@@H](Cc1ccccc1)NC=O. The molecule has 1 aliphatic heterocycles. The van der Waals surface area contributed by atoms with Gasteiger partial charge in [0.1, 0.15) is 12.2 Å². The summed E-state index contributed by atoms with van der Waals surface area (Å²) in [4.78, 5) is 26.1. The van der Waals surface area contributed by atoms with Gasteiger partial charge in [-0.2, -0.15) is 4.31 Å². The third-order valence-corrected chi connectivity index (χ3v) is 7.36. The van der Waals surface area contributed by atoms with Crippen molar-refractivity contribution in [1.29, 1.82) is 0 Å². The molecule has 0 aromatic heterocycles. The second-order valence-corrected chi connectivity index (χ2v) is 9.27. The van der Waals surface area contributed by atoms with E-state index in [1.165, 1.54) is 9.21 Å². The van der Waals surface area contributed by atoms with Crippen LogP contribution in [0.4, 0.5) is 0 Å². The van der Waals surface area contributed by atoms with Crippen LogP contribution in [0.5, 0.6) is 0 Å². The molecule has 2 amide bonds. The first-order chi connectivity index (χ1) is 14.4. The van der Waals surface area contributed by atoms with Crippen LogP contribution in [-0.4, -0.2) is 55.7 Å². The summed E-state index contributed by atoms with van der Waals surface area (Å²) < 4.78 is 27.7. The molecule has 2 atom stereocenters. The predicted molar refractivity (Wildman–Crippen MR) is 114 cm³/mol. The van der Waals surface area contributed by atoms with Crippen LogP contribution < -0.4 is 5.32 Å². The Hall–Kier alpha value is -2.71. The van der Waals surface area contributed by atoms with Crippen molar-refractivity contribution in [2.75, 3.05) is 13.6 Å². The van der Waals surface area contributed by atoms with Crippen LogP contribution in [0.2, 0.25) is 0 Å². The zero-order chi connectivity index (χ0) is 21.6. The molecule has 0 spiro atoms. The minimum absolute atomic E-state index is 0.180.